The third kappa shape index (κ3) is 3.19. The minimum Gasteiger partial charge on any atom is -0.382 e. The molecule has 0 aliphatic rings. The van der Waals surface area contributed by atoms with Gasteiger partial charge in [-0.05, 0) is 30.3 Å². The van der Waals surface area contributed by atoms with Crippen LogP contribution in [-0.4, -0.2) is 14.8 Å². The first-order chi connectivity index (χ1) is 12.2. The highest BCUT2D eigenvalue weighted by atomic mass is 35.5. The van der Waals surface area contributed by atoms with Crippen molar-refractivity contribution in [1.82, 2.24) is 14.8 Å². The van der Waals surface area contributed by atoms with E-state index in [0.717, 1.165) is 16.8 Å². The maximum absolute atomic E-state index is 12.7. The quantitative estimate of drug-likeness (QED) is 0.678. The molecule has 0 atom stereocenters. The lowest BCUT2D eigenvalue weighted by molar-refractivity contribution is -0.137. The number of pyridine rings is 1. The van der Waals surface area contributed by atoms with Crippen LogP contribution in [0.2, 0.25) is 10.0 Å². The van der Waals surface area contributed by atoms with Gasteiger partial charge in [-0.15, -0.1) is 0 Å². The van der Waals surface area contributed by atoms with E-state index >= 15 is 0 Å². The van der Waals surface area contributed by atoms with Gasteiger partial charge in [0.25, 0.3) is 0 Å². The molecule has 2 aromatic heterocycles. The van der Waals surface area contributed by atoms with E-state index in [4.69, 9.17) is 28.9 Å². The number of aromatic nitrogens is 3. The SMILES string of the molecule is N#Cc1c(-c2ccc(Cl)cc2Cl)nn(-c2ccc(C(F)(F)F)cn2)c1N. The first kappa shape index (κ1) is 18.0. The van der Waals surface area contributed by atoms with Gasteiger partial charge in [0, 0.05) is 16.8 Å². The highest BCUT2D eigenvalue weighted by molar-refractivity contribution is 6.36. The first-order valence-corrected chi connectivity index (χ1v) is 7.75. The second-order valence-corrected chi connectivity index (χ2v) is 6.00. The molecule has 2 heterocycles. The fraction of sp³-hybridized carbons (Fsp3) is 0.0625. The Morgan fingerprint density at radius 2 is 1.88 bits per heavy atom. The van der Waals surface area contributed by atoms with Crippen LogP contribution < -0.4 is 5.73 Å². The van der Waals surface area contributed by atoms with Gasteiger partial charge in [0.2, 0.25) is 0 Å². The summed E-state index contributed by atoms with van der Waals surface area (Å²) in [6.45, 7) is 0. The van der Waals surface area contributed by atoms with E-state index in [1.165, 1.54) is 6.07 Å². The molecule has 5 nitrogen and oxygen atoms in total. The molecule has 0 aliphatic carbocycles. The molecule has 0 bridgehead atoms. The molecule has 10 heteroatoms. The summed E-state index contributed by atoms with van der Waals surface area (Å²) < 4.78 is 39.1. The number of alkyl halides is 3. The number of nitrogen functional groups attached to an aromatic ring is 1. The summed E-state index contributed by atoms with van der Waals surface area (Å²) >= 11 is 12.0. The molecule has 3 aromatic rings. The summed E-state index contributed by atoms with van der Waals surface area (Å²) in [6, 6.07) is 8.50. The zero-order valence-corrected chi connectivity index (χ0v) is 14.2. The van der Waals surface area contributed by atoms with E-state index in [0.29, 0.717) is 16.8 Å². The lowest BCUT2D eigenvalue weighted by Gasteiger charge is -2.07. The lowest BCUT2D eigenvalue weighted by Crippen LogP contribution is -2.08. The summed E-state index contributed by atoms with van der Waals surface area (Å²) in [5.41, 5.74) is 5.63. The van der Waals surface area contributed by atoms with E-state index in [2.05, 4.69) is 10.1 Å². The Kier molecular flexibility index (Phi) is 4.52. The molecule has 0 aliphatic heterocycles. The topological polar surface area (TPSA) is 80.5 Å². The maximum atomic E-state index is 12.7. The summed E-state index contributed by atoms with van der Waals surface area (Å²) in [5, 5.41) is 14.2. The Hall–Kier alpha value is -2.76. The predicted molar refractivity (Wildman–Crippen MR) is 90.9 cm³/mol. The molecule has 0 amide bonds. The van der Waals surface area contributed by atoms with E-state index in [1.54, 1.807) is 12.1 Å². The molecule has 3 rings (SSSR count). The first-order valence-electron chi connectivity index (χ1n) is 7.00. The molecule has 0 spiro atoms. The molecule has 1 aromatic carbocycles. The highest BCUT2D eigenvalue weighted by Gasteiger charge is 2.31. The molecular formula is C16H8Cl2F3N5. The average Bonchev–Trinajstić information content (AvgIpc) is 2.90. The van der Waals surface area contributed by atoms with Gasteiger partial charge in [0.1, 0.15) is 23.1 Å². The van der Waals surface area contributed by atoms with Gasteiger partial charge < -0.3 is 5.73 Å². The van der Waals surface area contributed by atoms with Crippen LogP contribution in [0.4, 0.5) is 19.0 Å². The van der Waals surface area contributed by atoms with Crippen LogP contribution in [0.3, 0.4) is 0 Å². The number of benzene rings is 1. The smallest absolute Gasteiger partial charge is 0.382 e. The Morgan fingerprint density at radius 1 is 1.15 bits per heavy atom. The van der Waals surface area contributed by atoms with Crippen molar-refractivity contribution in [1.29, 1.82) is 5.26 Å². The highest BCUT2D eigenvalue weighted by Crippen LogP contribution is 2.35. The maximum Gasteiger partial charge on any atom is 0.417 e. The Morgan fingerprint density at radius 3 is 2.42 bits per heavy atom. The van der Waals surface area contributed by atoms with E-state index in [1.807, 2.05) is 6.07 Å². The second-order valence-electron chi connectivity index (χ2n) is 5.16. The molecular weight excluding hydrogens is 390 g/mol. The monoisotopic (exact) mass is 397 g/mol. The van der Waals surface area contributed by atoms with Crippen LogP contribution in [0.25, 0.3) is 17.1 Å². The third-order valence-electron chi connectivity index (χ3n) is 3.51. The van der Waals surface area contributed by atoms with Crippen molar-refractivity contribution in [3.05, 3.63) is 57.7 Å². The van der Waals surface area contributed by atoms with Crippen LogP contribution in [-0.2, 0) is 6.18 Å². The fourth-order valence-electron chi connectivity index (χ4n) is 2.27. The number of nitriles is 1. The van der Waals surface area contributed by atoms with Gasteiger partial charge in [-0.3, -0.25) is 0 Å². The van der Waals surface area contributed by atoms with Crippen molar-refractivity contribution in [3.63, 3.8) is 0 Å². The van der Waals surface area contributed by atoms with E-state index in [9.17, 15) is 18.4 Å². The Balaban J connectivity index is 2.13. The number of hydrogen-bond donors (Lipinski definition) is 1. The van der Waals surface area contributed by atoms with Crippen LogP contribution in [0, 0.1) is 11.3 Å². The normalized spacial score (nSPS) is 11.4. The molecule has 26 heavy (non-hydrogen) atoms. The molecule has 132 valence electrons. The minimum atomic E-state index is -4.51. The fourth-order valence-corrected chi connectivity index (χ4v) is 2.76. The van der Waals surface area contributed by atoms with Gasteiger partial charge >= 0.3 is 6.18 Å². The van der Waals surface area contributed by atoms with Gasteiger partial charge in [0.05, 0.1) is 10.6 Å². The van der Waals surface area contributed by atoms with Crippen molar-refractivity contribution in [2.24, 2.45) is 0 Å². The van der Waals surface area contributed by atoms with Crippen LogP contribution in [0.15, 0.2) is 36.5 Å². The molecule has 0 saturated carbocycles. The molecule has 0 saturated heterocycles. The second kappa shape index (κ2) is 6.52. The average molecular weight is 398 g/mol. The zero-order chi connectivity index (χ0) is 19.1. The number of anilines is 1. The van der Waals surface area contributed by atoms with Crippen LogP contribution >= 0.6 is 23.2 Å². The summed E-state index contributed by atoms with van der Waals surface area (Å²) in [6.07, 6.45) is -3.85. The number of nitrogens with two attached hydrogens (primary N) is 1. The molecule has 0 fully saturated rings. The van der Waals surface area contributed by atoms with Crippen LogP contribution in [0.5, 0.6) is 0 Å². The molecule has 0 radical (unpaired) electrons. The predicted octanol–water partition coefficient (Wildman–Crippen LogP) is 4.71. The van der Waals surface area contributed by atoms with Crippen molar-refractivity contribution in [2.75, 3.05) is 5.73 Å². The summed E-state index contributed by atoms with van der Waals surface area (Å²) in [4.78, 5) is 3.73. The minimum absolute atomic E-state index is 0.0240. The summed E-state index contributed by atoms with van der Waals surface area (Å²) in [7, 11) is 0. The largest absolute Gasteiger partial charge is 0.417 e. The van der Waals surface area contributed by atoms with Gasteiger partial charge in [-0.1, -0.05) is 23.2 Å². The van der Waals surface area contributed by atoms with Gasteiger partial charge in [-0.25, -0.2) is 4.98 Å². The molecule has 2 N–H and O–H groups in total. The third-order valence-corrected chi connectivity index (χ3v) is 4.06. The number of halogens is 5. The van der Waals surface area contributed by atoms with Crippen LogP contribution in [0.1, 0.15) is 11.1 Å². The number of rotatable bonds is 2. The van der Waals surface area contributed by atoms with Gasteiger partial charge in [-0.2, -0.15) is 28.2 Å². The number of nitrogens with zero attached hydrogens (tertiary/aromatic N) is 4. The Labute approximate surface area is 155 Å². The summed E-state index contributed by atoms with van der Waals surface area (Å²) in [5.74, 6) is -0.0379. The number of hydrogen-bond acceptors (Lipinski definition) is 4. The Bertz CT molecular complexity index is 1020. The van der Waals surface area contributed by atoms with Crippen molar-refractivity contribution >= 4 is 29.0 Å². The van der Waals surface area contributed by atoms with Crippen molar-refractivity contribution in [3.8, 4) is 23.1 Å². The standard InChI is InChI=1S/C16H8Cl2F3N5/c17-9-2-3-10(12(18)5-9)14-11(6-22)15(23)26(25-14)13-4-1-8(7-24-13)16(19,20)21/h1-5,7H,23H2. The van der Waals surface area contributed by atoms with E-state index < -0.39 is 11.7 Å². The van der Waals surface area contributed by atoms with E-state index in [-0.39, 0.29) is 27.9 Å². The molecule has 0 unspecified atom stereocenters. The van der Waals surface area contributed by atoms with Crippen molar-refractivity contribution < 1.29 is 13.2 Å². The van der Waals surface area contributed by atoms with Crippen molar-refractivity contribution in [2.45, 2.75) is 6.18 Å². The van der Waals surface area contributed by atoms with Gasteiger partial charge in [0.15, 0.2) is 5.82 Å². The zero-order valence-electron chi connectivity index (χ0n) is 12.7. The lowest BCUT2D eigenvalue weighted by atomic mass is 10.1.